The van der Waals surface area contributed by atoms with E-state index in [1.165, 1.54) is 0 Å². The van der Waals surface area contributed by atoms with Crippen molar-refractivity contribution in [2.24, 2.45) is 5.73 Å². The smallest absolute Gasteiger partial charge is 0.205 e. The summed E-state index contributed by atoms with van der Waals surface area (Å²) in [5, 5.41) is 12.7. The van der Waals surface area contributed by atoms with Crippen LogP contribution in [0.25, 0.3) is 0 Å². The first kappa shape index (κ1) is 15.4. The van der Waals surface area contributed by atoms with Crippen LogP contribution < -0.4 is 15.8 Å². The number of nitriles is 1. The Kier molecular flexibility index (Phi) is 3.35. The van der Waals surface area contributed by atoms with E-state index in [-0.39, 0.29) is 17.0 Å². The molecule has 0 aliphatic carbocycles. The fourth-order valence-corrected chi connectivity index (χ4v) is 3.34. The van der Waals surface area contributed by atoms with E-state index in [1.807, 2.05) is 12.1 Å². The number of nitrogens with one attached hydrogen (secondary N) is 1. The molecular formula is C18H12F3N3O. The predicted octanol–water partition coefficient (Wildman–Crippen LogP) is 3.29. The van der Waals surface area contributed by atoms with Crippen LogP contribution in [0.3, 0.4) is 0 Å². The van der Waals surface area contributed by atoms with Gasteiger partial charge in [-0.2, -0.15) is 5.26 Å². The fraction of sp³-hybridized carbons (Fsp3) is 0.167. The number of fused-ring (bicyclic) bond motifs is 2. The first-order valence-electron chi connectivity index (χ1n) is 7.62. The maximum absolute atomic E-state index is 13.7. The van der Waals surface area contributed by atoms with Crippen LogP contribution in [0.4, 0.5) is 18.9 Å². The molecule has 0 bridgehead atoms. The van der Waals surface area contributed by atoms with Crippen LogP contribution in [0.15, 0.2) is 35.7 Å². The van der Waals surface area contributed by atoms with E-state index < -0.39 is 23.4 Å². The molecule has 3 N–H and O–H groups in total. The maximum atomic E-state index is 13.7. The third-order valence-electron chi connectivity index (χ3n) is 4.49. The van der Waals surface area contributed by atoms with Gasteiger partial charge in [0.05, 0.1) is 5.92 Å². The van der Waals surface area contributed by atoms with Gasteiger partial charge in [0.1, 0.15) is 17.4 Å². The number of nitrogens with zero attached hydrogens (tertiary/aromatic N) is 1. The molecule has 0 saturated carbocycles. The quantitative estimate of drug-likeness (QED) is 0.780. The Morgan fingerprint density at radius 1 is 1.16 bits per heavy atom. The zero-order valence-corrected chi connectivity index (χ0v) is 12.9. The van der Waals surface area contributed by atoms with Crippen LogP contribution in [0, 0.1) is 28.8 Å². The van der Waals surface area contributed by atoms with Crippen LogP contribution in [-0.4, -0.2) is 6.54 Å². The molecule has 1 atom stereocenters. The van der Waals surface area contributed by atoms with Crippen molar-refractivity contribution in [1.82, 2.24) is 0 Å². The largest absolute Gasteiger partial charge is 0.440 e. The summed E-state index contributed by atoms with van der Waals surface area (Å²) in [6, 6.07) is 7.29. The van der Waals surface area contributed by atoms with Gasteiger partial charge in [0.15, 0.2) is 17.5 Å². The average Bonchev–Trinajstić information content (AvgIpc) is 3.03. The van der Waals surface area contributed by atoms with E-state index in [0.717, 1.165) is 36.3 Å². The van der Waals surface area contributed by atoms with Crippen LogP contribution in [0.1, 0.15) is 22.6 Å². The molecule has 0 radical (unpaired) electrons. The van der Waals surface area contributed by atoms with E-state index in [0.29, 0.717) is 11.3 Å². The molecular weight excluding hydrogens is 331 g/mol. The van der Waals surface area contributed by atoms with Gasteiger partial charge in [-0.15, -0.1) is 0 Å². The Bertz CT molecular complexity index is 955. The lowest BCUT2D eigenvalue weighted by atomic mass is 9.82. The fourth-order valence-electron chi connectivity index (χ4n) is 3.34. The number of benzene rings is 2. The summed E-state index contributed by atoms with van der Waals surface area (Å²) >= 11 is 0. The molecule has 0 fully saturated rings. The molecule has 2 aliphatic heterocycles. The number of anilines is 1. The van der Waals surface area contributed by atoms with Crippen molar-refractivity contribution >= 4 is 5.69 Å². The average molecular weight is 343 g/mol. The summed E-state index contributed by atoms with van der Waals surface area (Å²) in [7, 11) is 0. The van der Waals surface area contributed by atoms with Crippen molar-refractivity contribution in [1.29, 1.82) is 5.26 Å². The van der Waals surface area contributed by atoms with E-state index in [1.54, 1.807) is 6.07 Å². The first-order chi connectivity index (χ1) is 12.0. The number of nitrogens with two attached hydrogens (primary N) is 1. The van der Waals surface area contributed by atoms with Gasteiger partial charge in [-0.05, 0) is 35.7 Å². The minimum atomic E-state index is -1.55. The zero-order valence-electron chi connectivity index (χ0n) is 12.9. The molecule has 7 heteroatoms. The summed E-state index contributed by atoms with van der Waals surface area (Å²) in [5.74, 6) is -4.75. The minimum Gasteiger partial charge on any atom is -0.440 e. The Hall–Kier alpha value is -3.14. The number of halogens is 3. The number of allylic oxidation sites excluding steroid dienone is 1. The summed E-state index contributed by atoms with van der Waals surface area (Å²) < 4.78 is 46.3. The van der Waals surface area contributed by atoms with Crippen LogP contribution in [-0.2, 0) is 6.42 Å². The molecule has 4 rings (SSSR count). The normalized spacial score (nSPS) is 18.1. The molecule has 126 valence electrons. The molecule has 1 unspecified atom stereocenters. The zero-order chi connectivity index (χ0) is 17.7. The highest BCUT2D eigenvalue weighted by atomic mass is 19.2. The number of hydrogen-bond donors (Lipinski definition) is 2. The van der Waals surface area contributed by atoms with Crippen LogP contribution in [0.5, 0.6) is 5.75 Å². The van der Waals surface area contributed by atoms with Crippen LogP contribution >= 0.6 is 0 Å². The molecule has 4 nitrogen and oxygen atoms in total. The highest BCUT2D eigenvalue weighted by molar-refractivity contribution is 5.66. The van der Waals surface area contributed by atoms with Gasteiger partial charge >= 0.3 is 0 Å². The SMILES string of the molecule is N#CC1=C(N)Oc2cc3c(cc2C1c1cc(F)c(F)c(F)c1)CCN3. The summed E-state index contributed by atoms with van der Waals surface area (Å²) in [5.41, 5.74) is 8.44. The maximum Gasteiger partial charge on any atom is 0.205 e. The van der Waals surface area contributed by atoms with Crippen molar-refractivity contribution in [3.63, 3.8) is 0 Å². The van der Waals surface area contributed by atoms with Crippen molar-refractivity contribution in [3.05, 3.63) is 69.9 Å². The van der Waals surface area contributed by atoms with E-state index in [9.17, 15) is 18.4 Å². The van der Waals surface area contributed by atoms with Crippen molar-refractivity contribution in [3.8, 4) is 11.8 Å². The van der Waals surface area contributed by atoms with Gasteiger partial charge in [-0.25, -0.2) is 13.2 Å². The summed E-state index contributed by atoms with van der Waals surface area (Å²) in [6.45, 7) is 0.761. The van der Waals surface area contributed by atoms with Gasteiger partial charge < -0.3 is 15.8 Å². The second-order valence-corrected chi connectivity index (χ2v) is 5.95. The van der Waals surface area contributed by atoms with Gasteiger partial charge in [-0.3, -0.25) is 0 Å². The van der Waals surface area contributed by atoms with Crippen molar-refractivity contribution in [2.45, 2.75) is 12.3 Å². The molecule has 0 amide bonds. The third kappa shape index (κ3) is 2.30. The predicted molar refractivity (Wildman–Crippen MR) is 84.2 cm³/mol. The molecule has 0 saturated heterocycles. The highest BCUT2D eigenvalue weighted by Gasteiger charge is 2.33. The second-order valence-electron chi connectivity index (χ2n) is 5.95. The van der Waals surface area contributed by atoms with Gasteiger partial charge in [0.25, 0.3) is 0 Å². The lowest BCUT2D eigenvalue weighted by Gasteiger charge is -2.27. The monoisotopic (exact) mass is 343 g/mol. The van der Waals surface area contributed by atoms with Gasteiger partial charge in [0.2, 0.25) is 5.88 Å². The molecule has 2 aliphatic rings. The van der Waals surface area contributed by atoms with E-state index in [2.05, 4.69) is 5.32 Å². The Morgan fingerprint density at radius 2 is 1.88 bits per heavy atom. The summed E-state index contributed by atoms with van der Waals surface area (Å²) in [6.07, 6.45) is 0.780. The van der Waals surface area contributed by atoms with Gasteiger partial charge in [-0.1, -0.05) is 0 Å². The standard InChI is InChI=1S/C18H12F3N3O/c19-12-4-9(5-13(20)17(12)21)16-10-3-8-1-2-24-14(8)6-15(10)25-18(23)11(16)7-22/h3-6,16,24H,1-2,23H2. The number of ether oxygens (including phenoxy) is 1. The molecule has 0 spiro atoms. The van der Waals surface area contributed by atoms with Crippen LogP contribution in [0.2, 0.25) is 0 Å². The van der Waals surface area contributed by atoms with Crippen molar-refractivity contribution in [2.75, 3.05) is 11.9 Å². The molecule has 2 heterocycles. The highest BCUT2D eigenvalue weighted by Crippen LogP contribution is 2.45. The lowest BCUT2D eigenvalue weighted by Crippen LogP contribution is -2.21. The number of hydrogen-bond acceptors (Lipinski definition) is 4. The Balaban J connectivity index is 1.96. The minimum absolute atomic E-state index is 0.0313. The Labute approximate surface area is 141 Å². The number of rotatable bonds is 1. The van der Waals surface area contributed by atoms with E-state index >= 15 is 0 Å². The summed E-state index contributed by atoms with van der Waals surface area (Å²) in [4.78, 5) is 0. The topological polar surface area (TPSA) is 71.1 Å². The molecule has 25 heavy (non-hydrogen) atoms. The third-order valence-corrected chi connectivity index (χ3v) is 4.49. The molecule has 0 aromatic heterocycles. The Morgan fingerprint density at radius 3 is 2.56 bits per heavy atom. The lowest BCUT2D eigenvalue weighted by molar-refractivity contribution is 0.393. The molecule has 2 aromatic carbocycles. The van der Waals surface area contributed by atoms with Crippen molar-refractivity contribution < 1.29 is 17.9 Å². The second kappa shape index (κ2) is 5.45. The van der Waals surface area contributed by atoms with E-state index in [4.69, 9.17) is 10.5 Å². The van der Waals surface area contributed by atoms with Gasteiger partial charge in [0, 0.05) is 23.9 Å². The first-order valence-corrected chi connectivity index (χ1v) is 7.62. The molecule has 2 aromatic rings.